The molecule has 2 heterocycles. The van der Waals surface area contributed by atoms with Gasteiger partial charge in [-0.3, -0.25) is 14.4 Å². The van der Waals surface area contributed by atoms with Crippen molar-refractivity contribution in [3.8, 4) is 0 Å². The van der Waals surface area contributed by atoms with Crippen LogP contribution in [0.1, 0.15) is 52.0 Å². The van der Waals surface area contributed by atoms with Crippen LogP contribution in [-0.2, 0) is 11.3 Å². The van der Waals surface area contributed by atoms with Crippen LogP contribution in [0.4, 0.5) is 5.69 Å². The highest BCUT2D eigenvalue weighted by atomic mass is 16.2. The Hall–Kier alpha value is -3.15. The van der Waals surface area contributed by atoms with Crippen LogP contribution in [0.5, 0.6) is 0 Å². The lowest BCUT2D eigenvalue weighted by atomic mass is 10.1. The first-order chi connectivity index (χ1) is 14.1. The minimum Gasteiger partial charge on any atom is -0.349 e. The molecule has 1 unspecified atom stereocenters. The molecule has 1 saturated heterocycles. The molecule has 1 saturated carbocycles. The molecule has 6 nitrogen and oxygen atoms in total. The molecule has 0 spiro atoms. The quantitative estimate of drug-likeness (QED) is 0.874. The van der Waals surface area contributed by atoms with Crippen molar-refractivity contribution in [2.75, 3.05) is 11.4 Å². The van der Waals surface area contributed by atoms with Gasteiger partial charge in [-0.25, -0.2) is 0 Å². The molecular weight excluding hydrogens is 366 g/mol. The maximum Gasteiger partial charge on any atom is 0.256 e. The maximum absolute atomic E-state index is 13.3. The van der Waals surface area contributed by atoms with E-state index < -0.39 is 6.04 Å². The van der Waals surface area contributed by atoms with Crippen molar-refractivity contribution in [1.29, 1.82) is 0 Å². The SMILES string of the molecule is O=C(NC1CC1)c1ccc(CN2C(=O)C3CCCN3C(=O)c3ccccc32)cc1. The van der Waals surface area contributed by atoms with Crippen molar-refractivity contribution in [3.63, 3.8) is 0 Å². The molecule has 6 heteroatoms. The van der Waals surface area contributed by atoms with Crippen molar-refractivity contribution in [1.82, 2.24) is 10.2 Å². The zero-order valence-electron chi connectivity index (χ0n) is 16.1. The Morgan fingerprint density at radius 2 is 1.76 bits per heavy atom. The van der Waals surface area contributed by atoms with Crippen LogP contribution in [0.2, 0.25) is 0 Å². The van der Waals surface area contributed by atoms with E-state index in [2.05, 4.69) is 5.32 Å². The average molecular weight is 389 g/mol. The second kappa shape index (κ2) is 7.03. The predicted molar refractivity (Wildman–Crippen MR) is 109 cm³/mol. The number of benzene rings is 2. The molecule has 148 valence electrons. The highest BCUT2D eigenvalue weighted by molar-refractivity contribution is 6.11. The second-order valence-corrected chi connectivity index (χ2v) is 8.04. The first-order valence-corrected chi connectivity index (χ1v) is 10.2. The molecule has 2 fully saturated rings. The summed E-state index contributed by atoms with van der Waals surface area (Å²) in [5.74, 6) is -0.148. The van der Waals surface area contributed by atoms with E-state index in [4.69, 9.17) is 0 Å². The lowest BCUT2D eigenvalue weighted by molar-refractivity contribution is -0.122. The third-order valence-corrected chi connectivity index (χ3v) is 5.96. The molecule has 3 aliphatic rings. The van der Waals surface area contributed by atoms with Gasteiger partial charge in [0.05, 0.1) is 17.8 Å². The van der Waals surface area contributed by atoms with Crippen molar-refractivity contribution in [2.45, 2.75) is 44.3 Å². The van der Waals surface area contributed by atoms with Gasteiger partial charge in [0, 0.05) is 18.2 Å². The number of nitrogens with one attached hydrogen (secondary N) is 1. The second-order valence-electron chi connectivity index (χ2n) is 8.04. The molecule has 0 radical (unpaired) electrons. The van der Waals surface area contributed by atoms with Gasteiger partial charge in [0.15, 0.2) is 0 Å². The highest BCUT2D eigenvalue weighted by Gasteiger charge is 2.41. The van der Waals surface area contributed by atoms with Crippen LogP contribution >= 0.6 is 0 Å². The summed E-state index contributed by atoms with van der Waals surface area (Å²) in [7, 11) is 0. The summed E-state index contributed by atoms with van der Waals surface area (Å²) in [4.78, 5) is 41.9. The third kappa shape index (κ3) is 3.28. The van der Waals surface area contributed by atoms with E-state index in [0.29, 0.717) is 42.4 Å². The maximum atomic E-state index is 13.3. The minimum absolute atomic E-state index is 0.0312. The van der Waals surface area contributed by atoms with Gasteiger partial charge in [0.25, 0.3) is 11.8 Å². The number of fused-ring (bicyclic) bond motifs is 2. The Morgan fingerprint density at radius 1 is 1.00 bits per heavy atom. The fourth-order valence-corrected chi connectivity index (χ4v) is 4.21. The van der Waals surface area contributed by atoms with E-state index in [1.54, 1.807) is 28.0 Å². The van der Waals surface area contributed by atoms with Crippen LogP contribution in [-0.4, -0.2) is 41.2 Å². The van der Waals surface area contributed by atoms with Gasteiger partial charge in [-0.2, -0.15) is 0 Å². The van der Waals surface area contributed by atoms with Crippen LogP contribution in [0.15, 0.2) is 48.5 Å². The molecule has 1 N–H and O–H groups in total. The van der Waals surface area contributed by atoms with Crippen molar-refractivity contribution in [3.05, 3.63) is 65.2 Å². The van der Waals surface area contributed by atoms with Gasteiger partial charge in [-0.1, -0.05) is 24.3 Å². The number of hydrogen-bond acceptors (Lipinski definition) is 3. The van der Waals surface area contributed by atoms with Gasteiger partial charge < -0.3 is 15.1 Å². The van der Waals surface area contributed by atoms with Crippen molar-refractivity contribution in [2.24, 2.45) is 0 Å². The molecule has 1 atom stereocenters. The van der Waals surface area contributed by atoms with Crippen LogP contribution in [0.25, 0.3) is 0 Å². The molecular formula is C23H23N3O3. The van der Waals surface area contributed by atoms with Crippen molar-refractivity contribution >= 4 is 23.4 Å². The fourth-order valence-electron chi connectivity index (χ4n) is 4.21. The van der Waals surface area contributed by atoms with Gasteiger partial charge in [0.1, 0.15) is 6.04 Å². The monoisotopic (exact) mass is 389 g/mol. The van der Waals surface area contributed by atoms with Crippen LogP contribution in [0.3, 0.4) is 0 Å². The fraction of sp³-hybridized carbons (Fsp3) is 0.348. The summed E-state index contributed by atoms with van der Waals surface area (Å²) in [5.41, 5.74) is 2.79. The Labute approximate surface area is 169 Å². The van der Waals surface area contributed by atoms with Gasteiger partial charge in [-0.15, -0.1) is 0 Å². The predicted octanol–water partition coefficient (Wildman–Crippen LogP) is 2.73. The van der Waals surface area contributed by atoms with Crippen LogP contribution < -0.4 is 10.2 Å². The molecule has 5 rings (SSSR count). The number of amides is 3. The Bertz CT molecular complexity index is 981. The molecule has 1 aliphatic carbocycles. The zero-order chi connectivity index (χ0) is 20.0. The van der Waals surface area contributed by atoms with E-state index in [0.717, 1.165) is 24.8 Å². The Balaban J connectivity index is 1.43. The number of hydrogen-bond donors (Lipinski definition) is 1. The Morgan fingerprint density at radius 3 is 2.52 bits per heavy atom. The van der Waals surface area contributed by atoms with Crippen molar-refractivity contribution < 1.29 is 14.4 Å². The number of carbonyl (C=O) groups is 3. The topological polar surface area (TPSA) is 69.7 Å². The minimum atomic E-state index is -0.390. The third-order valence-electron chi connectivity index (χ3n) is 5.96. The normalized spacial score (nSPS) is 20.9. The largest absolute Gasteiger partial charge is 0.349 e. The van der Waals surface area contributed by atoms with E-state index >= 15 is 0 Å². The molecule has 2 aromatic rings. The summed E-state index contributed by atoms with van der Waals surface area (Å²) in [5, 5.41) is 2.98. The molecule has 0 aromatic heterocycles. The van der Waals surface area contributed by atoms with Gasteiger partial charge in [0.2, 0.25) is 5.91 Å². The molecule has 2 aliphatic heterocycles. The number of anilines is 1. The van der Waals surface area contributed by atoms with E-state index in [1.807, 2.05) is 30.3 Å². The number of para-hydroxylation sites is 1. The summed E-state index contributed by atoms with van der Waals surface area (Å²) in [6.45, 7) is 1.00. The highest BCUT2D eigenvalue weighted by Crippen LogP contribution is 2.33. The summed E-state index contributed by atoms with van der Waals surface area (Å²) in [6, 6.07) is 14.6. The van der Waals surface area contributed by atoms with Gasteiger partial charge in [-0.05, 0) is 55.5 Å². The number of rotatable bonds is 4. The first-order valence-electron chi connectivity index (χ1n) is 10.2. The summed E-state index contributed by atoms with van der Waals surface area (Å²) < 4.78 is 0. The zero-order valence-corrected chi connectivity index (χ0v) is 16.1. The van der Waals surface area contributed by atoms with E-state index in [1.165, 1.54) is 0 Å². The molecule has 3 amide bonds. The van der Waals surface area contributed by atoms with Crippen LogP contribution in [0, 0.1) is 0 Å². The number of nitrogens with zero attached hydrogens (tertiary/aromatic N) is 2. The Kier molecular flexibility index (Phi) is 4.34. The van der Waals surface area contributed by atoms with Gasteiger partial charge >= 0.3 is 0 Å². The summed E-state index contributed by atoms with van der Waals surface area (Å²) >= 11 is 0. The first kappa shape index (κ1) is 17.9. The standard InChI is InChI=1S/C23H23N3O3/c27-21(24-17-11-12-17)16-9-7-15(8-10-16)14-26-19-5-2-1-4-18(19)22(28)25-13-3-6-20(25)23(26)29/h1-2,4-5,7-10,17,20H,3,6,11-14H2,(H,24,27). The molecule has 29 heavy (non-hydrogen) atoms. The van der Waals surface area contributed by atoms with E-state index in [9.17, 15) is 14.4 Å². The molecule has 0 bridgehead atoms. The lowest BCUT2D eigenvalue weighted by Gasteiger charge is -2.26. The van der Waals surface area contributed by atoms with E-state index in [-0.39, 0.29) is 17.7 Å². The number of carbonyl (C=O) groups excluding carboxylic acids is 3. The molecule has 2 aromatic carbocycles. The smallest absolute Gasteiger partial charge is 0.256 e. The lowest BCUT2D eigenvalue weighted by Crippen LogP contribution is -2.44. The summed E-state index contributed by atoms with van der Waals surface area (Å²) in [6.07, 6.45) is 3.66. The average Bonchev–Trinajstić information content (AvgIpc) is 3.43.